The van der Waals surface area contributed by atoms with Crippen LogP contribution in [0.4, 0.5) is 5.82 Å². The molecule has 1 unspecified atom stereocenters. The van der Waals surface area contributed by atoms with Gasteiger partial charge < -0.3 is 19.5 Å². The van der Waals surface area contributed by atoms with Gasteiger partial charge in [-0.05, 0) is 75.4 Å². The maximum Gasteiger partial charge on any atom is 0.159 e. The van der Waals surface area contributed by atoms with Gasteiger partial charge in [0, 0.05) is 37.2 Å². The monoisotopic (exact) mass is 492 g/mol. The molecule has 192 valence electrons. The summed E-state index contributed by atoms with van der Waals surface area (Å²) in [4.78, 5) is 14.2. The minimum absolute atomic E-state index is 0.00665. The molecule has 3 fully saturated rings. The van der Waals surface area contributed by atoms with Crippen molar-refractivity contribution in [2.45, 2.75) is 51.2 Å². The zero-order chi connectivity index (χ0) is 24.6. The molecule has 0 bridgehead atoms. The number of benzene rings is 1. The van der Waals surface area contributed by atoms with E-state index in [1.165, 1.54) is 30.4 Å². The first kappa shape index (κ1) is 23.8. The highest BCUT2D eigenvalue weighted by molar-refractivity contribution is 5.82. The van der Waals surface area contributed by atoms with Crippen LogP contribution >= 0.6 is 0 Å². The third-order valence-electron chi connectivity index (χ3n) is 8.04. The molecule has 0 saturated carbocycles. The van der Waals surface area contributed by atoms with Gasteiger partial charge in [0.25, 0.3) is 0 Å². The van der Waals surface area contributed by atoms with Gasteiger partial charge in [-0.15, -0.1) is 0 Å². The van der Waals surface area contributed by atoms with Gasteiger partial charge >= 0.3 is 0 Å². The first-order valence-electron chi connectivity index (χ1n) is 13.2. The number of anilines is 1. The van der Waals surface area contributed by atoms with E-state index in [1.807, 2.05) is 23.9 Å². The Balaban J connectivity index is 1.28. The van der Waals surface area contributed by atoms with Gasteiger partial charge in [-0.25, -0.2) is 14.6 Å². The number of rotatable bonds is 5. The fraction of sp³-hybridized carbons (Fsp3) is 0.593. The lowest BCUT2D eigenvalue weighted by atomic mass is 9.86. The smallest absolute Gasteiger partial charge is 0.159 e. The standard InChI is InChI=1S/C27H36N6O3/c1-18-11-21-14-28-33(27-13-26(29-19(2)30-27)32-8-10-36-23(15-32)16-34)25(21)12-24(18)20-3-6-31(7-4-20)22-5-9-35-17-22/h11-14,20,22-23,34H,3-10,15-17H2,1-2H3/t22?,23-/m0/s1. The number of aromatic nitrogens is 4. The van der Waals surface area contributed by atoms with Gasteiger partial charge in [-0.1, -0.05) is 0 Å². The zero-order valence-corrected chi connectivity index (χ0v) is 21.3. The van der Waals surface area contributed by atoms with Crippen molar-refractivity contribution in [3.63, 3.8) is 0 Å². The molecule has 3 saturated heterocycles. The number of nitrogens with zero attached hydrogens (tertiary/aromatic N) is 6. The zero-order valence-electron chi connectivity index (χ0n) is 21.3. The lowest BCUT2D eigenvalue weighted by molar-refractivity contribution is 0.00335. The largest absolute Gasteiger partial charge is 0.394 e. The molecule has 6 rings (SSSR count). The summed E-state index contributed by atoms with van der Waals surface area (Å²) in [6.07, 6.45) is 5.26. The molecule has 1 N–H and O–H groups in total. The van der Waals surface area contributed by atoms with Crippen LogP contribution in [-0.4, -0.2) is 94.5 Å². The van der Waals surface area contributed by atoms with E-state index in [-0.39, 0.29) is 12.7 Å². The molecule has 1 aromatic carbocycles. The van der Waals surface area contributed by atoms with E-state index >= 15 is 0 Å². The summed E-state index contributed by atoms with van der Waals surface area (Å²) in [6.45, 7) is 10.1. The van der Waals surface area contributed by atoms with Crippen LogP contribution in [0.25, 0.3) is 16.7 Å². The molecule has 2 atom stereocenters. The fourth-order valence-electron chi connectivity index (χ4n) is 6.06. The molecule has 3 aromatic rings. The van der Waals surface area contributed by atoms with Crippen molar-refractivity contribution in [2.24, 2.45) is 0 Å². The van der Waals surface area contributed by atoms with Gasteiger partial charge in [0.1, 0.15) is 11.6 Å². The summed E-state index contributed by atoms with van der Waals surface area (Å²) in [5.41, 5.74) is 3.85. The lowest BCUT2D eigenvalue weighted by Crippen LogP contribution is -2.44. The highest BCUT2D eigenvalue weighted by atomic mass is 16.5. The fourth-order valence-corrected chi connectivity index (χ4v) is 6.06. The summed E-state index contributed by atoms with van der Waals surface area (Å²) < 4.78 is 13.2. The van der Waals surface area contributed by atoms with E-state index in [0.717, 1.165) is 55.4 Å². The summed E-state index contributed by atoms with van der Waals surface area (Å²) in [5, 5.41) is 15.4. The van der Waals surface area contributed by atoms with Gasteiger partial charge in [0.2, 0.25) is 0 Å². The van der Waals surface area contributed by atoms with Gasteiger partial charge in [-0.3, -0.25) is 4.90 Å². The number of likely N-dealkylation sites (tertiary alicyclic amines) is 1. The minimum atomic E-state index is -0.193. The number of aryl methyl sites for hydroxylation is 2. The van der Waals surface area contributed by atoms with Crippen molar-refractivity contribution in [2.75, 3.05) is 57.5 Å². The Morgan fingerprint density at radius 1 is 1.00 bits per heavy atom. The Labute approximate surface area is 212 Å². The Hall–Kier alpha value is -2.59. The van der Waals surface area contributed by atoms with E-state index in [2.05, 4.69) is 33.8 Å². The highest BCUT2D eigenvalue weighted by Crippen LogP contribution is 2.34. The van der Waals surface area contributed by atoms with Crippen LogP contribution in [0, 0.1) is 13.8 Å². The number of hydrogen-bond donors (Lipinski definition) is 1. The SMILES string of the molecule is Cc1nc(N2CCO[C@H](CO)C2)cc(-n2ncc3cc(C)c(C4CCN(C5CCOC5)CC4)cc32)n1. The topological polar surface area (TPSA) is 88.8 Å². The molecular formula is C27H36N6O3. The molecule has 9 nitrogen and oxygen atoms in total. The maximum absolute atomic E-state index is 9.55. The predicted octanol–water partition coefficient (Wildman–Crippen LogP) is 2.60. The molecular weight excluding hydrogens is 456 g/mol. The number of aliphatic hydroxyl groups is 1. The first-order chi connectivity index (χ1) is 17.6. The van der Waals surface area contributed by atoms with E-state index in [1.54, 1.807) is 0 Å². The van der Waals surface area contributed by atoms with Crippen LogP contribution in [-0.2, 0) is 9.47 Å². The maximum atomic E-state index is 9.55. The van der Waals surface area contributed by atoms with Gasteiger partial charge in [0.15, 0.2) is 5.82 Å². The molecule has 2 aromatic heterocycles. The second kappa shape index (κ2) is 10.0. The predicted molar refractivity (Wildman–Crippen MR) is 138 cm³/mol. The molecule has 9 heteroatoms. The van der Waals surface area contributed by atoms with Crippen LogP contribution < -0.4 is 4.90 Å². The normalized spacial score (nSPS) is 24.1. The summed E-state index contributed by atoms with van der Waals surface area (Å²) in [5.74, 6) is 2.88. The highest BCUT2D eigenvalue weighted by Gasteiger charge is 2.29. The van der Waals surface area contributed by atoms with Crippen LogP contribution in [0.1, 0.15) is 42.1 Å². The van der Waals surface area contributed by atoms with Gasteiger partial charge in [-0.2, -0.15) is 5.10 Å². The van der Waals surface area contributed by atoms with Crippen molar-refractivity contribution in [3.8, 4) is 5.82 Å². The van der Waals surface area contributed by atoms with Gasteiger partial charge in [0.05, 0.1) is 37.6 Å². The quantitative estimate of drug-likeness (QED) is 0.582. The van der Waals surface area contributed by atoms with Crippen molar-refractivity contribution in [1.29, 1.82) is 0 Å². The molecule has 0 radical (unpaired) electrons. The average Bonchev–Trinajstić information content (AvgIpc) is 3.58. The van der Waals surface area contributed by atoms with E-state index < -0.39 is 0 Å². The van der Waals surface area contributed by atoms with Crippen molar-refractivity contribution in [3.05, 3.63) is 41.3 Å². The number of piperidine rings is 1. The average molecular weight is 493 g/mol. The lowest BCUT2D eigenvalue weighted by Gasteiger charge is -2.36. The number of fused-ring (bicyclic) bond motifs is 1. The first-order valence-corrected chi connectivity index (χ1v) is 13.2. The van der Waals surface area contributed by atoms with Crippen molar-refractivity contribution < 1.29 is 14.6 Å². The van der Waals surface area contributed by atoms with Crippen LogP contribution in [0.5, 0.6) is 0 Å². The van der Waals surface area contributed by atoms with Crippen LogP contribution in [0.3, 0.4) is 0 Å². The third-order valence-corrected chi connectivity index (χ3v) is 8.04. The molecule has 3 aliphatic heterocycles. The summed E-state index contributed by atoms with van der Waals surface area (Å²) in [6, 6.07) is 7.21. The molecule has 5 heterocycles. The van der Waals surface area contributed by atoms with Crippen molar-refractivity contribution >= 4 is 16.7 Å². The number of hydrogen-bond acceptors (Lipinski definition) is 8. The van der Waals surface area contributed by atoms with E-state index in [0.29, 0.717) is 30.9 Å². The van der Waals surface area contributed by atoms with Crippen molar-refractivity contribution in [1.82, 2.24) is 24.6 Å². The second-order valence-corrected chi connectivity index (χ2v) is 10.4. The summed E-state index contributed by atoms with van der Waals surface area (Å²) in [7, 11) is 0. The number of aliphatic hydroxyl groups excluding tert-OH is 1. The number of morpholine rings is 1. The Morgan fingerprint density at radius 3 is 2.61 bits per heavy atom. The Morgan fingerprint density at radius 2 is 1.83 bits per heavy atom. The summed E-state index contributed by atoms with van der Waals surface area (Å²) >= 11 is 0. The molecule has 36 heavy (non-hydrogen) atoms. The number of ether oxygens (including phenoxy) is 2. The van der Waals surface area contributed by atoms with E-state index in [4.69, 9.17) is 19.6 Å². The third kappa shape index (κ3) is 4.61. The minimum Gasteiger partial charge on any atom is -0.394 e. The van der Waals surface area contributed by atoms with Crippen LogP contribution in [0.15, 0.2) is 24.4 Å². The van der Waals surface area contributed by atoms with E-state index in [9.17, 15) is 5.11 Å². The Bertz CT molecular complexity index is 1220. The Kier molecular flexibility index (Phi) is 6.64. The molecule has 3 aliphatic rings. The molecule has 0 aliphatic carbocycles. The second-order valence-electron chi connectivity index (χ2n) is 10.4. The van der Waals surface area contributed by atoms with Crippen LogP contribution in [0.2, 0.25) is 0 Å². The molecule has 0 amide bonds. The molecule has 0 spiro atoms.